The SMILES string of the molecule is COc1ccc(-c2n[nH]c(CNC(=O)C(C)(C)N)n2)cc1. The monoisotopic (exact) mass is 289 g/mol. The molecule has 0 radical (unpaired) electrons. The van der Waals surface area contributed by atoms with Gasteiger partial charge in [0.15, 0.2) is 5.82 Å². The van der Waals surface area contributed by atoms with E-state index in [9.17, 15) is 4.79 Å². The van der Waals surface area contributed by atoms with Gasteiger partial charge < -0.3 is 15.8 Å². The Morgan fingerprint density at radius 1 is 1.38 bits per heavy atom. The van der Waals surface area contributed by atoms with Gasteiger partial charge in [0, 0.05) is 5.56 Å². The molecule has 1 aromatic carbocycles. The average Bonchev–Trinajstić information content (AvgIpc) is 2.92. The van der Waals surface area contributed by atoms with Crippen molar-refractivity contribution in [3.63, 3.8) is 0 Å². The van der Waals surface area contributed by atoms with Crippen LogP contribution in [0.25, 0.3) is 11.4 Å². The van der Waals surface area contributed by atoms with Gasteiger partial charge in [0.25, 0.3) is 0 Å². The van der Waals surface area contributed by atoms with Crippen molar-refractivity contribution < 1.29 is 9.53 Å². The third-order valence-electron chi connectivity index (χ3n) is 2.88. The molecule has 7 nitrogen and oxygen atoms in total. The van der Waals surface area contributed by atoms with Crippen LogP contribution in [0.1, 0.15) is 19.7 Å². The first-order chi connectivity index (χ1) is 9.90. The fraction of sp³-hybridized carbons (Fsp3) is 0.357. The Hall–Kier alpha value is -2.41. The Balaban J connectivity index is 2.02. The third-order valence-corrected chi connectivity index (χ3v) is 2.88. The number of hydrogen-bond donors (Lipinski definition) is 3. The maximum Gasteiger partial charge on any atom is 0.239 e. The van der Waals surface area contributed by atoms with Crippen molar-refractivity contribution in [1.82, 2.24) is 20.5 Å². The molecule has 0 spiro atoms. The minimum atomic E-state index is -0.918. The number of nitrogens with two attached hydrogens (primary N) is 1. The van der Waals surface area contributed by atoms with Crippen molar-refractivity contribution in [2.75, 3.05) is 7.11 Å². The van der Waals surface area contributed by atoms with Gasteiger partial charge in [-0.1, -0.05) is 0 Å². The standard InChI is InChI=1S/C14H19N5O2/c1-14(2,15)13(20)16-8-11-17-12(19-18-11)9-4-6-10(21-3)7-5-9/h4-7H,8,15H2,1-3H3,(H,16,20)(H,17,18,19). The Bertz CT molecular complexity index is 613. The smallest absolute Gasteiger partial charge is 0.239 e. The van der Waals surface area contributed by atoms with Gasteiger partial charge in [0.05, 0.1) is 19.2 Å². The molecule has 0 saturated carbocycles. The molecule has 0 unspecified atom stereocenters. The summed E-state index contributed by atoms with van der Waals surface area (Å²) in [6.07, 6.45) is 0. The van der Waals surface area contributed by atoms with Gasteiger partial charge in [-0.3, -0.25) is 9.89 Å². The predicted molar refractivity (Wildman–Crippen MR) is 78.5 cm³/mol. The zero-order valence-electron chi connectivity index (χ0n) is 12.3. The summed E-state index contributed by atoms with van der Waals surface area (Å²) in [4.78, 5) is 16.0. The highest BCUT2D eigenvalue weighted by Gasteiger charge is 2.21. The first kappa shape index (κ1) is 15.0. The lowest BCUT2D eigenvalue weighted by molar-refractivity contribution is -0.125. The van der Waals surface area contributed by atoms with Crippen LogP contribution in [-0.4, -0.2) is 33.7 Å². The highest BCUT2D eigenvalue weighted by Crippen LogP contribution is 2.18. The number of H-pyrrole nitrogens is 1. The van der Waals surface area contributed by atoms with E-state index in [-0.39, 0.29) is 12.5 Å². The van der Waals surface area contributed by atoms with E-state index in [2.05, 4.69) is 20.5 Å². The lowest BCUT2D eigenvalue weighted by atomic mass is 10.1. The summed E-state index contributed by atoms with van der Waals surface area (Å²) in [6, 6.07) is 7.41. The molecule has 0 atom stereocenters. The van der Waals surface area contributed by atoms with Crippen LogP contribution in [-0.2, 0) is 11.3 Å². The van der Waals surface area contributed by atoms with Crippen molar-refractivity contribution in [3.05, 3.63) is 30.1 Å². The van der Waals surface area contributed by atoms with E-state index in [0.29, 0.717) is 11.6 Å². The predicted octanol–water partition coefficient (Wildman–Crippen LogP) is 0.834. The molecule has 0 aliphatic heterocycles. The van der Waals surface area contributed by atoms with Gasteiger partial charge in [-0.2, -0.15) is 5.10 Å². The second-order valence-electron chi connectivity index (χ2n) is 5.24. The van der Waals surface area contributed by atoms with E-state index in [1.165, 1.54) is 0 Å². The number of benzene rings is 1. The van der Waals surface area contributed by atoms with Crippen LogP contribution < -0.4 is 15.8 Å². The first-order valence-electron chi connectivity index (χ1n) is 6.53. The number of aromatic nitrogens is 3. The molecule has 1 aromatic heterocycles. The van der Waals surface area contributed by atoms with E-state index < -0.39 is 5.54 Å². The lowest BCUT2D eigenvalue weighted by Gasteiger charge is -2.16. The van der Waals surface area contributed by atoms with Gasteiger partial charge >= 0.3 is 0 Å². The molecule has 0 aliphatic carbocycles. The quantitative estimate of drug-likeness (QED) is 0.756. The minimum Gasteiger partial charge on any atom is -0.497 e. The Kier molecular flexibility index (Phi) is 4.23. The largest absolute Gasteiger partial charge is 0.497 e. The molecular formula is C14H19N5O2. The normalized spacial score (nSPS) is 11.2. The Morgan fingerprint density at radius 2 is 2.05 bits per heavy atom. The summed E-state index contributed by atoms with van der Waals surface area (Å²) in [5.74, 6) is 1.66. The molecular weight excluding hydrogens is 270 g/mol. The second kappa shape index (κ2) is 5.92. The molecule has 2 rings (SSSR count). The number of carbonyl (C=O) groups excluding carboxylic acids is 1. The van der Waals surface area contributed by atoms with Crippen LogP contribution >= 0.6 is 0 Å². The molecule has 112 valence electrons. The van der Waals surface area contributed by atoms with Crippen molar-refractivity contribution in [2.45, 2.75) is 25.9 Å². The van der Waals surface area contributed by atoms with E-state index in [1.54, 1.807) is 21.0 Å². The molecule has 0 bridgehead atoms. The van der Waals surface area contributed by atoms with Crippen molar-refractivity contribution in [2.24, 2.45) is 5.73 Å². The van der Waals surface area contributed by atoms with Crippen molar-refractivity contribution >= 4 is 5.91 Å². The van der Waals surface area contributed by atoms with Gasteiger partial charge in [-0.15, -0.1) is 0 Å². The van der Waals surface area contributed by atoms with E-state index in [1.807, 2.05) is 24.3 Å². The Labute approximate surface area is 122 Å². The van der Waals surface area contributed by atoms with Crippen LogP contribution in [0.4, 0.5) is 0 Å². The highest BCUT2D eigenvalue weighted by molar-refractivity contribution is 5.84. The first-order valence-corrected chi connectivity index (χ1v) is 6.53. The van der Waals surface area contributed by atoms with Gasteiger partial charge in [-0.25, -0.2) is 4.98 Å². The lowest BCUT2D eigenvalue weighted by Crippen LogP contribution is -2.48. The number of methoxy groups -OCH3 is 1. The zero-order valence-corrected chi connectivity index (χ0v) is 12.3. The zero-order chi connectivity index (χ0) is 15.5. The van der Waals surface area contributed by atoms with Crippen LogP contribution in [0.3, 0.4) is 0 Å². The maximum atomic E-state index is 11.7. The molecule has 4 N–H and O–H groups in total. The third kappa shape index (κ3) is 3.79. The molecule has 2 aromatic rings. The molecule has 1 heterocycles. The fourth-order valence-corrected chi connectivity index (χ4v) is 1.64. The highest BCUT2D eigenvalue weighted by atomic mass is 16.5. The summed E-state index contributed by atoms with van der Waals surface area (Å²) in [6.45, 7) is 3.54. The van der Waals surface area contributed by atoms with Gasteiger partial charge in [0.2, 0.25) is 5.91 Å². The number of amides is 1. The second-order valence-corrected chi connectivity index (χ2v) is 5.24. The fourth-order valence-electron chi connectivity index (χ4n) is 1.64. The van der Waals surface area contributed by atoms with Crippen molar-refractivity contribution in [1.29, 1.82) is 0 Å². The van der Waals surface area contributed by atoms with Gasteiger partial charge in [0.1, 0.15) is 11.6 Å². The number of carbonyl (C=O) groups is 1. The number of ether oxygens (including phenoxy) is 1. The van der Waals surface area contributed by atoms with E-state index in [4.69, 9.17) is 10.5 Å². The van der Waals surface area contributed by atoms with Crippen LogP contribution in [0.2, 0.25) is 0 Å². The van der Waals surface area contributed by atoms with E-state index >= 15 is 0 Å². The van der Waals surface area contributed by atoms with Crippen LogP contribution in [0, 0.1) is 0 Å². The summed E-state index contributed by atoms with van der Waals surface area (Å²) in [5, 5.41) is 9.62. The van der Waals surface area contributed by atoms with Gasteiger partial charge in [-0.05, 0) is 38.1 Å². The summed E-state index contributed by atoms with van der Waals surface area (Å²) >= 11 is 0. The number of hydrogen-bond acceptors (Lipinski definition) is 5. The maximum absolute atomic E-state index is 11.7. The number of nitrogens with one attached hydrogen (secondary N) is 2. The van der Waals surface area contributed by atoms with E-state index in [0.717, 1.165) is 11.3 Å². The average molecular weight is 289 g/mol. The Morgan fingerprint density at radius 3 is 2.62 bits per heavy atom. The minimum absolute atomic E-state index is 0.245. The summed E-state index contributed by atoms with van der Waals surface area (Å²) < 4.78 is 5.10. The topological polar surface area (TPSA) is 106 Å². The molecule has 0 aliphatic rings. The van der Waals surface area contributed by atoms with Crippen LogP contribution in [0.15, 0.2) is 24.3 Å². The number of nitrogens with zero attached hydrogens (tertiary/aromatic N) is 2. The number of rotatable bonds is 5. The molecule has 0 saturated heterocycles. The molecule has 7 heteroatoms. The molecule has 1 amide bonds. The summed E-state index contributed by atoms with van der Waals surface area (Å²) in [5.41, 5.74) is 5.64. The molecule has 21 heavy (non-hydrogen) atoms. The van der Waals surface area contributed by atoms with Crippen molar-refractivity contribution in [3.8, 4) is 17.1 Å². The summed E-state index contributed by atoms with van der Waals surface area (Å²) in [7, 11) is 1.61. The molecule has 0 fully saturated rings. The van der Waals surface area contributed by atoms with Crippen LogP contribution in [0.5, 0.6) is 5.75 Å². The number of aromatic amines is 1.